The largest absolute Gasteiger partial charge is 0.271 e. The summed E-state index contributed by atoms with van der Waals surface area (Å²) in [7, 11) is 0. The number of halogens is 2. The standard InChI is InChI=1S/C15H16BrClN2/c16-13-6-4-11(5-7-13)9-15(19-18)10-12-2-1-3-14(17)8-12/h1-8,15,19H,9-10,18H2. The molecular weight excluding hydrogens is 324 g/mol. The van der Waals surface area contributed by atoms with Gasteiger partial charge in [0.1, 0.15) is 0 Å². The third kappa shape index (κ3) is 4.62. The first-order valence-electron chi connectivity index (χ1n) is 6.12. The number of benzene rings is 2. The lowest BCUT2D eigenvalue weighted by Gasteiger charge is -2.16. The molecule has 0 heterocycles. The Kier molecular flexibility index (Phi) is 5.40. The van der Waals surface area contributed by atoms with E-state index in [-0.39, 0.29) is 6.04 Å². The van der Waals surface area contributed by atoms with Crippen LogP contribution in [0.25, 0.3) is 0 Å². The number of hydrogen-bond donors (Lipinski definition) is 2. The van der Waals surface area contributed by atoms with Crippen LogP contribution in [0, 0.1) is 0 Å². The van der Waals surface area contributed by atoms with Crippen LogP contribution < -0.4 is 11.3 Å². The first kappa shape index (κ1) is 14.5. The molecule has 0 saturated heterocycles. The van der Waals surface area contributed by atoms with Gasteiger partial charge in [-0.1, -0.05) is 51.8 Å². The van der Waals surface area contributed by atoms with Gasteiger partial charge in [0.15, 0.2) is 0 Å². The lowest BCUT2D eigenvalue weighted by molar-refractivity contribution is 0.522. The maximum Gasteiger partial charge on any atom is 0.0408 e. The lowest BCUT2D eigenvalue weighted by atomic mass is 9.99. The molecule has 0 aliphatic carbocycles. The molecule has 0 saturated carbocycles. The zero-order chi connectivity index (χ0) is 13.7. The van der Waals surface area contributed by atoms with Crippen LogP contribution in [0.4, 0.5) is 0 Å². The van der Waals surface area contributed by atoms with Gasteiger partial charge in [0, 0.05) is 15.5 Å². The average molecular weight is 340 g/mol. The van der Waals surface area contributed by atoms with Crippen molar-refractivity contribution in [2.24, 2.45) is 5.84 Å². The summed E-state index contributed by atoms with van der Waals surface area (Å²) in [6.45, 7) is 0. The van der Waals surface area contributed by atoms with E-state index >= 15 is 0 Å². The summed E-state index contributed by atoms with van der Waals surface area (Å²) in [5.74, 6) is 5.64. The van der Waals surface area contributed by atoms with Crippen molar-refractivity contribution in [1.82, 2.24) is 5.43 Å². The molecule has 2 aromatic rings. The Balaban J connectivity index is 2.02. The summed E-state index contributed by atoms with van der Waals surface area (Å²) in [5, 5.41) is 0.761. The van der Waals surface area contributed by atoms with Crippen molar-refractivity contribution in [3.63, 3.8) is 0 Å². The molecule has 3 N–H and O–H groups in total. The highest BCUT2D eigenvalue weighted by Crippen LogP contribution is 2.15. The van der Waals surface area contributed by atoms with Gasteiger partial charge in [0.25, 0.3) is 0 Å². The summed E-state index contributed by atoms with van der Waals surface area (Å²) in [6, 6.07) is 16.4. The summed E-state index contributed by atoms with van der Waals surface area (Å²) in [5.41, 5.74) is 5.32. The van der Waals surface area contributed by atoms with Crippen molar-refractivity contribution < 1.29 is 0 Å². The van der Waals surface area contributed by atoms with E-state index < -0.39 is 0 Å². The van der Waals surface area contributed by atoms with E-state index in [0.717, 1.165) is 22.3 Å². The molecule has 0 aliphatic rings. The van der Waals surface area contributed by atoms with Crippen LogP contribution in [-0.2, 0) is 12.8 Å². The Labute approximate surface area is 127 Å². The summed E-state index contributed by atoms with van der Waals surface area (Å²) < 4.78 is 1.09. The Morgan fingerprint density at radius 3 is 2.37 bits per heavy atom. The van der Waals surface area contributed by atoms with Crippen LogP contribution in [0.2, 0.25) is 5.02 Å². The third-order valence-corrected chi connectivity index (χ3v) is 3.77. The average Bonchev–Trinajstić information content (AvgIpc) is 2.40. The van der Waals surface area contributed by atoms with Gasteiger partial charge in [-0.3, -0.25) is 11.3 Å². The molecule has 2 rings (SSSR count). The molecule has 100 valence electrons. The molecule has 4 heteroatoms. The third-order valence-electron chi connectivity index (χ3n) is 3.00. The second-order valence-corrected chi connectivity index (χ2v) is 5.88. The fourth-order valence-electron chi connectivity index (χ4n) is 2.04. The fraction of sp³-hybridized carbons (Fsp3) is 0.200. The molecule has 0 aromatic heterocycles. The monoisotopic (exact) mass is 338 g/mol. The van der Waals surface area contributed by atoms with E-state index in [1.165, 1.54) is 11.1 Å². The van der Waals surface area contributed by atoms with Gasteiger partial charge in [-0.2, -0.15) is 0 Å². The Morgan fingerprint density at radius 2 is 1.74 bits per heavy atom. The number of hydrazine groups is 1. The summed E-state index contributed by atoms with van der Waals surface area (Å²) >= 11 is 9.43. The van der Waals surface area contributed by atoms with Gasteiger partial charge in [-0.15, -0.1) is 0 Å². The Morgan fingerprint density at radius 1 is 1.05 bits per heavy atom. The van der Waals surface area contributed by atoms with Gasteiger partial charge in [0.05, 0.1) is 0 Å². The molecular formula is C15H16BrClN2. The number of rotatable bonds is 5. The molecule has 1 unspecified atom stereocenters. The second kappa shape index (κ2) is 7.06. The maximum atomic E-state index is 5.99. The fourth-order valence-corrected chi connectivity index (χ4v) is 2.52. The van der Waals surface area contributed by atoms with Crippen LogP contribution in [0.1, 0.15) is 11.1 Å². The minimum Gasteiger partial charge on any atom is -0.271 e. The van der Waals surface area contributed by atoms with E-state index in [0.29, 0.717) is 0 Å². The van der Waals surface area contributed by atoms with Crippen LogP contribution in [0.5, 0.6) is 0 Å². The number of nitrogens with one attached hydrogen (secondary N) is 1. The van der Waals surface area contributed by atoms with Crippen molar-refractivity contribution >= 4 is 27.5 Å². The normalized spacial score (nSPS) is 12.4. The van der Waals surface area contributed by atoms with Gasteiger partial charge < -0.3 is 0 Å². The number of nitrogens with two attached hydrogens (primary N) is 1. The molecule has 0 bridgehead atoms. The van der Waals surface area contributed by atoms with Crippen molar-refractivity contribution in [2.45, 2.75) is 18.9 Å². The van der Waals surface area contributed by atoms with Crippen LogP contribution in [-0.4, -0.2) is 6.04 Å². The highest BCUT2D eigenvalue weighted by molar-refractivity contribution is 9.10. The SMILES string of the molecule is NNC(Cc1ccc(Br)cc1)Cc1cccc(Cl)c1. The maximum absolute atomic E-state index is 5.99. The van der Waals surface area contributed by atoms with E-state index in [1.54, 1.807) is 0 Å². The molecule has 0 spiro atoms. The van der Waals surface area contributed by atoms with Crippen molar-refractivity contribution in [3.05, 3.63) is 69.2 Å². The lowest BCUT2D eigenvalue weighted by Crippen LogP contribution is -2.38. The predicted molar refractivity (Wildman–Crippen MR) is 84.1 cm³/mol. The predicted octanol–water partition coefficient (Wildman–Crippen LogP) is 3.72. The topological polar surface area (TPSA) is 38.0 Å². The minimum atomic E-state index is 0.194. The molecule has 0 fully saturated rings. The van der Waals surface area contributed by atoms with E-state index in [2.05, 4.69) is 39.6 Å². The molecule has 1 atom stereocenters. The quantitative estimate of drug-likeness (QED) is 0.643. The molecule has 0 amide bonds. The van der Waals surface area contributed by atoms with Gasteiger partial charge >= 0.3 is 0 Å². The highest BCUT2D eigenvalue weighted by atomic mass is 79.9. The minimum absolute atomic E-state index is 0.194. The van der Waals surface area contributed by atoms with Gasteiger partial charge in [-0.25, -0.2) is 0 Å². The second-order valence-electron chi connectivity index (χ2n) is 4.53. The van der Waals surface area contributed by atoms with Crippen LogP contribution in [0.15, 0.2) is 53.0 Å². The molecule has 2 aromatic carbocycles. The van der Waals surface area contributed by atoms with E-state index in [4.69, 9.17) is 17.4 Å². The first-order valence-corrected chi connectivity index (χ1v) is 7.29. The van der Waals surface area contributed by atoms with E-state index in [1.807, 2.05) is 30.3 Å². The summed E-state index contributed by atoms with van der Waals surface area (Å²) in [6.07, 6.45) is 1.74. The molecule has 0 aliphatic heterocycles. The van der Waals surface area contributed by atoms with E-state index in [9.17, 15) is 0 Å². The first-order chi connectivity index (χ1) is 9.17. The molecule has 19 heavy (non-hydrogen) atoms. The molecule has 0 radical (unpaired) electrons. The summed E-state index contributed by atoms with van der Waals surface area (Å²) in [4.78, 5) is 0. The van der Waals surface area contributed by atoms with Crippen LogP contribution >= 0.6 is 27.5 Å². The van der Waals surface area contributed by atoms with Crippen LogP contribution in [0.3, 0.4) is 0 Å². The highest BCUT2D eigenvalue weighted by Gasteiger charge is 2.09. The van der Waals surface area contributed by atoms with Gasteiger partial charge in [-0.05, 0) is 48.2 Å². The molecule has 2 nitrogen and oxygen atoms in total. The van der Waals surface area contributed by atoms with Gasteiger partial charge in [0.2, 0.25) is 0 Å². The van der Waals surface area contributed by atoms with Crippen molar-refractivity contribution in [2.75, 3.05) is 0 Å². The Bertz CT molecular complexity index is 528. The Hall–Kier alpha value is -0.870. The number of hydrogen-bond acceptors (Lipinski definition) is 2. The van der Waals surface area contributed by atoms with Crippen molar-refractivity contribution in [1.29, 1.82) is 0 Å². The zero-order valence-electron chi connectivity index (χ0n) is 10.4. The smallest absolute Gasteiger partial charge is 0.0408 e. The zero-order valence-corrected chi connectivity index (χ0v) is 12.8. The van der Waals surface area contributed by atoms with Crippen molar-refractivity contribution in [3.8, 4) is 0 Å².